The second-order valence-corrected chi connectivity index (χ2v) is 8.61. The number of carbonyl (C=O) groups excluding carboxylic acids is 2. The minimum atomic E-state index is -0.996. The van der Waals surface area contributed by atoms with Gasteiger partial charge in [0.15, 0.2) is 5.82 Å². The van der Waals surface area contributed by atoms with Gasteiger partial charge in [0, 0.05) is 24.8 Å². The molecule has 3 N–H and O–H groups in total. The molecule has 9 nitrogen and oxygen atoms in total. The van der Waals surface area contributed by atoms with Crippen LogP contribution in [-0.4, -0.2) is 62.0 Å². The van der Waals surface area contributed by atoms with Crippen LogP contribution in [0.5, 0.6) is 5.75 Å². The number of hydrogen-bond donors (Lipinski definition) is 3. The van der Waals surface area contributed by atoms with E-state index in [1.165, 1.54) is 33.9 Å². The van der Waals surface area contributed by atoms with Crippen molar-refractivity contribution in [3.8, 4) is 5.75 Å². The highest BCUT2D eigenvalue weighted by atomic mass is 35.5. The van der Waals surface area contributed by atoms with Crippen molar-refractivity contribution in [2.75, 3.05) is 18.5 Å². The fraction of sp³-hybridized carbons (Fsp3) is 0.240. The molecule has 0 spiro atoms. The SMILES string of the molecule is O=C(Nc1ccn(C[C@@H](O)CO)n1)[C@H](Cc1ccc(F)cc1)N1CC(Oc2ccccc2Cl)=CC1=O. The number of ether oxygens (including phenoxy) is 1. The van der Waals surface area contributed by atoms with Gasteiger partial charge in [0.1, 0.15) is 23.4 Å². The van der Waals surface area contributed by atoms with Gasteiger partial charge in [-0.15, -0.1) is 0 Å². The second-order valence-electron chi connectivity index (χ2n) is 8.20. The fourth-order valence-electron chi connectivity index (χ4n) is 3.71. The van der Waals surface area contributed by atoms with Gasteiger partial charge in [-0.1, -0.05) is 35.9 Å². The predicted molar refractivity (Wildman–Crippen MR) is 130 cm³/mol. The number of amides is 2. The Morgan fingerprint density at radius 2 is 1.94 bits per heavy atom. The first kappa shape index (κ1) is 25.4. The molecule has 1 aromatic heterocycles. The van der Waals surface area contributed by atoms with Crippen LogP contribution in [0.3, 0.4) is 0 Å². The van der Waals surface area contributed by atoms with Crippen molar-refractivity contribution in [1.29, 1.82) is 0 Å². The van der Waals surface area contributed by atoms with Crippen LogP contribution in [0, 0.1) is 5.82 Å². The fourth-order valence-corrected chi connectivity index (χ4v) is 3.88. The number of benzene rings is 2. The van der Waals surface area contributed by atoms with Crippen molar-refractivity contribution in [2.45, 2.75) is 25.1 Å². The number of nitrogens with zero attached hydrogens (tertiary/aromatic N) is 3. The van der Waals surface area contributed by atoms with Crippen LogP contribution in [0.15, 0.2) is 72.6 Å². The van der Waals surface area contributed by atoms with Crippen LogP contribution in [0.25, 0.3) is 0 Å². The number of anilines is 1. The van der Waals surface area contributed by atoms with E-state index in [1.807, 2.05) is 0 Å². The molecule has 0 saturated carbocycles. The summed E-state index contributed by atoms with van der Waals surface area (Å²) in [5.74, 6) is -0.419. The van der Waals surface area contributed by atoms with E-state index >= 15 is 0 Å². The van der Waals surface area contributed by atoms with Gasteiger partial charge in [-0.2, -0.15) is 5.10 Å². The molecular weight excluding hydrogens is 491 g/mol. The first-order chi connectivity index (χ1) is 17.3. The molecule has 0 aliphatic carbocycles. The van der Waals surface area contributed by atoms with E-state index < -0.39 is 36.4 Å². The molecule has 36 heavy (non-hydrogen) atoms. The second kappa shape index (κ2) is 11.3. The number of para-hydroxylation sites is 1. The van der Waals surface area contributed by atoms with Crippen molar-refractivity contribution in [3.05, 3.63) is 89.0 Å². The minimum Gasteiger partial charge on any atom is -0.458 e. The number of hydrogen-bond acceptors (Lipinski definition) is 6. The Hall–Kier alpha value is -3.73. The number of aliphatic hydroxyl groups excluding tert-OH is 2. The molecule has 3 aromatic rings. The predicted octanol–water partition coefficient (Wildman–Crippen LogP) is 2.38. The van der Waals surface area contributed by atoms with Crippen molar-refractivity contribution in [2.24, 2.45) is 0 Å². The van der Waals surface area contributed by atoms with Crippen molar-refractivity contribution in [1.82, 2.24) is 14.7 Å². The summed E-state index contributed by atoms with van der Waals surface area (Å²) in [5.41, 5.74) is 0.654. The van der Waals surface area contributed by atoms with E-state index in [-0.39, 0.29) is 25.3 Å². The molecule has 2 heterocycles. The smallest absolute Gasteiger partial charge is 0.251 e. The first-order valence-electron chi connectivity index (χ1n) is 11.1. The van der Waals surface area contributed by atoms with E-state index in [9.17, 15) is 19.1 Å². The van der Waals surface area contributed by atoms with Crippen molar-refractivity contribution < 1.29 is 28.9 Å². The van der Waals surface area contributed by atoms with Gasteiger partial charge in [0.2, 0.25) is 5.91 Å². The highest BCUT2D eigenvalue weighted by Crippen LogP contribution is 2.28. The van der Waals surface area contributed by atoms with E-state index in [2.05, 4.69) is 10.4 Å². The lowest BCUT2D eigenvalue weighted by atomic mass is 10.0. The maximum atomic E-state index is 13.4. The van der Waals surface area contributed by atoms with Gasteiger partial charge in [-0.25, -0.2) is 4.39 Å². The number of carbonyl (C=O) groups is 2. The molecule has 1 aliphatic heterocycles. The first-order valence-corrected chi connectivity index (χ1v) is 11.5. The molecule has 188 valence electrons. The summed E-state index contributed by atoms with van der Waals surface area (Å²) in [6.45, 7) is -0.354. The largest absolute Gasteiger partial charge is 0.458 e. The highest BCUT2D eigenvalue weighted by molar-refractivity contribution is 6.32. The Morgan fingerprint density at radius 1 is 1.19 bits per heavy atom. The molecule has 2 aromatic carbocycles. The molecule has 0 unspecified atom stereocenters. The molecule has 0 bridgehead atoms. The topological polar surface area (TPSA) is 117 Å². The van der Waals surface area contributed by atoms with Crippen LogP contribution in [0.1, 0.15) is 5.56 Å². The third kappa shape index (κ3) is 6.28. The Bertz CT molecular complexity index is 1260. The Balaban J connectivity index is 1.51. The zero-order valence-corrected chi connectivity index (χ0v) is 19.8. The molecule has 2 amide bonds. The summed E-state index contributed by atoms with van der Waals surface area (Å²) >= 11 is 6.16. The summed E-state index contributed by atoms with van der Waals surface area (Å²) in [6, 6.07) is 13.1. The summed E-state index contributed by atoms with van der Waals surface area (Å²) in [4.78, 5) is 27.6. The van der Waals surface area contributed by atoms with Gasteiger partial charge in [0.05, 0.1) is 30.8 Å². The molecule has 2 atom stereocenters. The lowest BCUT2D eigenvalue weighted by Gasteiger charge is -2.27. The molecule has 0 radical (unpaired) electrons. The number of aromatic nitrogens is 2. The molecule has 0 saturated heterocycles. The monoisotopic (exact) mass is 514 g/mol. The van der Waals surface area contributed by atoms with Gasteiger partial charge < -0.3 is 25.2 Å². The minimum absolute atomic E-state index is 0.0282. The van der Waals surface area contributed by atoms with Crippen LogP contribution in [0.2, 0.25) is 5.02 Å². The Morgan fingerprint density at radius 3 is 2.67 bits per heavy atom. The Kier molecular flexibility index (Phi) is 7.99. The van der Waals surface area contributed by atoms with Crippen LogP contribution in [0.4, 0.5) is 10.2 Å². The third-order valence-electron chi connectivity index (χ3n) is 5.49. The number of rotatable bonds is 10. The Labute approximate surface area is 211 Å². The van der Waals surface area contributed by atoms with Crippen LogP contribution in [-0.2, 0) is 22.6 Å². The van der Waals surface area contributed by atoms with Crippen molar-refractivity contribution >= 4 is 29.2 Å². The average Bonchev–Trinajstić information content (AvgIpc) is 3.45. The van der Waals surface area contributed by atoms with Gasteiger partial charge >= 0.3 is 0 Å². The number of nitrogens with one attached hydrogen (secondary N) is 1. The van der Waals surface area contributed by atoms with Gasteiger partial charge in [-0.05, 0) is 29.8 Å². The van der Waals surface area contributed by atoms with E-state index in [0.29, 0.717) is 22.1 Å². The average molecular weight is 515 g/mol. The summed E-state index contributed by atoms with van der Waals surface area (Å²) in [5, 5.41) is 25.9. The molecular formula is C25H24ClFN4O5. The van der Waals surface area contributed by atoms with Crippen LogP contribution < -0.4 is 10.1 Å². The van der Waals surface area contributed by atoms with E-state index in [1.54, 1.807) is 42.6 Å². The third-order valence-corrected chi connectivity index (χ3v) is 5.81. The molecule has 4 rings (SSSR count). The maximum absolute atomic E-state index is 13.4. The lowest BCUT2D eigenvalue weighted by Crippen LogP contribution is -2.47. The maximum Gasteiger partial charge on any atom is 0.251 e. The van der Waals surface area contributed by atoms with Crippen molar-refractivity contribution in [3.63, 3.8) is 0 Å². The molecule has 11 heteroatoms. The molecule has 0 fully saturated rings. The summed E-state index contributed by atoms with van der Waals surface area (Å²) < 4.78 is 20.6. The number of halogens is 2. The summed E-state index contributed by atoms with van der Waals surface area (Å²) in [7, 11) is 0. The zero-order valence-electron chi connectivity index (χ0n) is 19.1. The standard InChI is InChI=1S/C25H24ClFN4O5/c26-20-3-1-2-4-22(20)36-19-12-24(34)31(14-19)21(11-16-5-7-17(27)8-6-16)25(35)28-23-9-10-30(29-23)13-18(33)15-32/h1-10,12,18,21,32-33H,11,13-15H2,(H,28,29,35)/t18-,21+/m1/s1. The molecule has 1 aliphatic rings. The zero-order chi connectivity index (χ0) is 25.7. The van der Waals surface area contributed by atoms with Gasteiger partial charge in [-0.3, -0.25) is 14.3 Å². The van der Waals surface area contributed by atoms with Crippen LogP contribution >= 0.6 is 11.6 Å². The normalized spacial score (nSPS) is 14.9. The van der Waals surface area contributed by atoms with Gasteiger partial charge in [0.25, 0.3) is 5.91 Å². The lowest BCUT2D eigenvalue weighted by molar-refractivity contribution is -0.133. The summed E-state index contributed by atoms with van der Waals surface area (Å²) in [6.07, 6.45) is 1.97. The quantitative estimate of drug-likeness (QED) is 0.382. The number of aliphatic hydroxyl groups is 2. The highest BCUT2D eigenvalue weighted by Gasteiger charge is 2.35. The van der Waals surface area contributed by atoms with E-state index in [4.69, 9.17) is 21.4 Å². The van der Waals surface area contributed by atoms with E-state index in [0.717, 1.165) is 0 Å².